The van der Waals surface area contributed by atoms with Crippen LogP contribution in [0.2, 0.25) is 0 Å². The van der Waals surface area contributed by atoms with Gasteiger partial charge in [-0.15, -0.1) is 0 Å². The summed E-state index contributed by atoms with van der Waals surface area (Å²) >= 11 is 0. The van der Waals surface area contributed by atoms with Crippen LogP contribution >= 0.6 is 0 Å². The van der Waals surface area contributed by atoms with Crippen molar-refractivity contribution < 1.29 is 40.6 Å². The molecule has 0 saturated carbocycles. The summed E-state index contributed by atoms with van der Waals surface area (Å²) in [6.07, 6.45) is 0. The second-order valence-corrected chi connectivity index (χ2v) is 9.42. The van der Waals surface area contributed by atoms with Crippen molar-refractivity contribution >= 4 is 54.9 Å². The normalized spacial score (nSPS) is 16.9. The van der Waals surface area contributed by atoms with Gasteiger partial charge in [-0.1, -0.05) is 12.1 Å². The summed E-state index contributed by atoms with van der Waals surface area (Å²) in [7, 11) is -9.43. The molecular formula is C17H15N5O9S2. The van der Waals surface area contributed by atoms with Gasteiger partial charge in [0.05, 0.1) is 5.69 Å². The van der Waals surface area contributed by atoms with Crippen molar-refractivity contribution in [2.75, 3.05) is 10.7 Å². The average Bonchev–Trinajstić information content (AvgIpc) is 3.03. The Kier molecular flexibility index (Phi) is 6.03. The number of nitrogens with zero attached hydrogens (tertiary/aromatic N) is 4. The van der Waals surface area contributed by atoms with E-state index in [1.165, 1.54) is 19.1 Å². The van der Waals surface area contributed by atoms with E-state index in [0.29, 0.717) is 5.01 Å². The maximum absolute atomic E-state index is 12.9. The van der Waals surface area contributed by atoms with Gasteiger partial charge in [0.25, 0.3) is 26.1 Å². The number of amides is 1. The van der Waals surface area contributed by atoms with Crippen LogP contribution in [0.25, 0.3) is 0 Å². The maximum Gasteiger partial charge on any atom is 0.355 e. The minimum Gasteiger partial charge on any atom is -0.477 e. The summed E-state index contributed by atoms with van der Waals surface area (Å²) in [5.41, 5.74) is 3.93. The number of anilines is 2. The number of hydrazone groups is 1. The summed E-state index contributed by atoms with van der Waals surface area (Å²) in [6, 6.07) is 5.08. The minimum atomic E-state index is -4.74. The van der Waals surface area contributed by atoms with Crippen molar-refractivity contribution in [1.82, 2.24) is 0 Å². The summed E-state index contributed by atoms with van der Waals surface area (Å²) in [5.74, 6) is -2.73. The number of benzene rings is 2. The highest BCUT2D eigenvalue weighted by Gasteiger charge is 2.42. The molecule has 2 aromatic rings. The molecule has 2 aromatic carbocycles. The topological polar surface area (TPSA) is 229 Å². The van der Waals surface area contributed by atoms with Crippen LogP contribution in [0.1, 0.15) is 5.56 Å². The molecule has 0 aromatic heterocycles. The van der Waals surface area contributed by atoms with E-state index in [1.54, 1.807) is 0 Å². The van der Waals surface area contributed by atoms with Crippen LogP contribution in [-0.2, 0) is 29.8 Å². The molecule has 0 saturated heterocycles. The third-order valence-corrected chi connectivity index (χ3v) is 6.29. The molecule has 1 heterocycles. The smallest absolute Gasteiger partial charge is 0.355 e. The molecule has 14 nitrogen and oxygen atoms in total. The lowest BCUT2D eigenvalue weighted by Crippen LogP contribution is -2.33. The standard InChI is InChI=1S/C17H15N5O9S2/c1-8-11(6-9(18)7-13(8)33(29,30)31)22-16(23)14(15(21-22)17(24)25)20-19-10-4-2-3-5-12(10)32(26,27)28/h2-7,14H,18H2,1H3,(H,24,25)(H,26,27,28)(H,29,30,31)/t14-/m0/s1. The zero-order valence-electron chi connectivity index (χ0n) is 16.5. The summed E-state index contributed by atoms with van der Waals surface area (Å²) in [4.78, 5) is 23.3. The fraction of sp³-hybridized carbons (Fsp3) is 0.118. The number of hydrogen-bond donors (Lipinski definition) is 4. The van der Waals surface area contributed by atoms with Crippen LogP contribution in [-0.4, -0.2) is 54.7 Å². The molecule has 1 aliphatic heterocycles. The first kappa shape index (κ1) is 23.9. The Morgan fingerprint density at radius 3 is 2.27 bits per heavy atom. The molecule has 0 spiro atoms. The molecule has 33 heavy (non-hydrogen) atoms. The van der Waals surface area contributed by atoms with Gasteiger partial charge < -0.3 is 10.8 Å². The highest BCUT2D eigenvalue weighted by Crippen LogP contribution is 2.33. The maximum atomic E-state index is 12.9. The van der Waals surface area contributed by atoms with Crippen LogP contribution < -0.4 is 10.7 Å². The van der Waals surface area contributed by atoms with Crippen LogP contribution in [0.4, 0.5) is 17.1 Å². The lowest BCUT2D eigenvalue weighted by atomic mass is 10.1. The van der Waals surface area contributed by atoms with Gasteiger partial charge in [0.15, 0.2) is 5.71 Å². The molecule has 0 aliphatic carbocycles. The molecule has 1 atom stereocenters. The fourth-order valence-corrected chi connectivity index (χ4v) is 4.34. The van der Waals surface area contributed by atoms with Gasteiger partial charge in [-0.2, -0.15) is 37.2 Å². The molecule has 1 amide bonds. The second kappa shape index (κ2) is 8.32. The van der Waals surface area contributed by atoms with Gasteiger partial charge in [-0.3, -0.25) is 13.9 Å². The predicted octanol–water partition coefficient (Wildman–Crippen LogP) is 1.01. The van der Waals surface area contributed by atoms with Crippen LogP contribution in [0.5, 0.6) is 0 Å². The Hall–Kier alpha value is -3.73. The van der Waals surface area contributed by atoms with Crippen LogP contribution in [0.3, 0.4) is 0 Å². The minimum absolute atomic E-state index is 0.150. The number of carboxylic acids is 1. The molecule has 0 unspecified atom stereocenters. The third kappa shape index (κ3) is 4.72. The third-order valence-electron chi connectivity index (χ3n) is 4.41. The summed E-state index contributed by atoms with van der Waals surface area (Å²) in [6.45, 7) is 1.23. The number of azo groups is 1. The number of rotatable bonds is 6. The number of nitrogen functional groups attached to an aromatic ring is 1. The van der Waals surface area contributed by atoms with E-state index in [2.05, 4.69) is 15.3 Å². The number of carboxylic acid groups (broad SMARTS) is 1. The monoisotopic (exact) mass is 497 g/mol. The van der Waals surface area contributed by atoms with Crippen molar-refractivity contribution in [2.45, 2.75) is 22.8 Å². The van der Waals surface area contributed by atoms with E-state index in [0.717, 1.165) is 24.3 Å². The Balaban J connectivity index is 2.09. The molecule has 16 heteroatoms. The lowest BCUT2D eigenvalue weighted by Gasteiger charge is -2.17. The van der Waals surface area contributed by atoms with Crippen molar-refractivity contribution in [3.63, 3.8) is 0 Å². The number of hydrogen-bond acceptors (Lipinski definition) is 10. The first-order chi connectivity index (χ1) is 15.2. The van der Waals surface area contributed by atoms with Crippen molar-refractivity contribution in [3.05, 3.63) is 42.0 Å². The molecular weight excluding hydrogens is 482 g/mol. The van der Waals surface area contributed by atoms with Crippen LogP contribution in [0.15, 0.2) is 61.5 Å². The average molecular weight is 497 g/mol. The largest absolute Gasteiger partial charge is 0.477 e. The zero-order chi connectivity index (χ0) is 24.7. The van der Waals surface area contributed by atoms with Crippen molar-refractivity contribution in [1.29, 1.82) is 0 Å². The molecule has 1 aliphatic rings. The number of carbonyl (C=O) groups is 2. The van der Waals surface area contributed by atoms with Crippen molar-refractivity contribution in [3.8, 4) is 0 Å². The van der Waals surface area contributed by atoms with E-state index in [1.807, 2.05) is 0 Å². The molecule has 0 fully saturated rings. The Morgan fingerprint density at radius 1 is 1.09 bits per heavy atom. The quantitative estimate of drug-likeness (QED) is 0.251. The zero-order valence-corrected chi connectivity index (χ0v) is 18.1. The van der Waals surface area contributed by atoms with E-state index in [-0.39, 0.29) is 22.6 Å². The highest BCUT2D eigenvalue weighted by atomic mass is 32.2. The first-order valence-electron chi connectivity index (χ1n) is 8.72. The predicted molar refractivity (Wildman–Crippen MR) is 113 cm³/mol. The van der Waals surface area contributed by atoms with Gasteiger partial charge in [0, 0.05) is 5.69 Å². The number of carbonyl (C=O) groups excluding carboxylic acids is 1. The van der Waals surface area contributed by atoms with Crippen LogP contribution in [0, 0.1) is 6.92 Å². The van der Waals surface area contributed by atoms with Gasteiger partial charge in [-0.25, -0.2) is 4.79 Å². The Bertz CT molecular complexity index is 1450. The SMILES string of the molecule is Cc1c(N2N=C(C(=O)O)[C@H](N=Nc3ccccc3S(=O)(=O)O)C2=O)cc(N)cc1S(=O)(=O)O. The Labute approximate surface area is 186 Å². The first-order valence-corrected chi connectivity index (χ1v) is 11.6. The Morgan fingerprint density at radius 2 is 1.70 bits per heavy atom. The highest BCUT2D eigenvalue weighted by molar-refractivity contribution is 7.86. The fourth-order valence-electron chi connectivity index (χ4n) is 2.94. The van der Waals surface area contributed by atoms with Gasteiger partial charge in [0.1, 0.15) is 15.5 Å². The lowest BCUT2D eigenvalue weighted by molar-refractivity contribution is -0.130. The van der Waals surface area contributed by atoms with E-state index < -0.39 is 53.7 Å². The van der Waals surface area contributed by atoms with E-state index in [9.17, 15) is 40.6 Å². The molecule has 174 valence electrons. The molecule has 5 N–H and O–H groups in total. The van der Waals surface area contributed by atoms with E-state index in [4.69, 9.17) is 5.73 Å². The van der Waals surface area contributed by atoms with Gasteiger partial charge in [0.2, 0.25) is 6.04 Å². The summed E-state index contributed by atoms with van der Waals surface area (Å²) < 4.78 is 64.9. The number of nitrogens with two attached hydrogens (primary N) is 1. The molecule has 0 radical (unpaired) electrons. The number of aliphatic carboxylic acids is 1. The van der Waals surface area contributed by atoms with E-state index >= 15 is 0 Å². The van der Waals surface area contributed by atoms with Gasteiger partial charge >= 0.3 is 5.97 Å². The summed E-state index contributed by atoms with van der Waals surface area (Å²) in [5, 5.41) is 20.9. The van der Waals surface area contributed by atoms with Crippen molar-refractivity contribution in [2.24, 2.45) is 15.3 Å². The molecule has 0 bridgehead atoms. The molecule has 3 rings (SSSR count). The van der Waals surface area contributed by atoms with Gasteiger partial charge in [-0.05, 0) is 36.8 Å². The second-order valence-electron chi connectivity index (χ2n) is 6.64.